The fourth-order valence-corrected chi connectivity index (χ4v) is 2.24. The highest BCUT2D eigenvalue weighted by atomic mass is 19.1. The number of rotatable bonds is 8. The predicted octanol–water partition coefficient (Wildman–Crippen LogP) is 1.99. The van der Waals surface area contributed by atoms with E-state index in [9.17, 15) is 14.3 Å². The zero-order valence-corrected chi connectivity index (χ0v) is 13.6. The van der Waals surface area contributed by atoms with Crippen LogP contribution in [0.2, 0.25) is 0 Å². The molecule has 0 aromatic heterocycles. The Morgan fingerprint density at radius 3 is 2.56 bits per heavy atom. The smallest absolute Gasteiger partial charge is 0.224 e. The molecule has 25 heavy (non-hydrogen) atoms. The van der Waals surface area contributed by atoms with Crippen molar-refractivity contribution in [1.29, 1.82) is 5.26 Å². The van der Waals surface area contributed by atoms with Gasteiger partial charge in [-0.2, -0.15) is 5.26 Å². The first-order chi connectivity index (χ1) is 12.1. The van der Waals surface area contributed by atoms with Crippen LogP contribution in [-0.2, 0) is 17.6 Å². The number of hydrogen-bond donors (Lipinski definition) is 2. The summed E-state index contributed by atoms with van der Waals surface area (Å²) < 4.78 is 18.1. The highest BCUT2D eigenvalue weighted by molar-refractivity contribution is 5.79. The van der Waals surface area contributed by atoms with Crippen molar-refractivity contribution < 1.29 is 19.0 Å². The number of aliphatic hydroxyl groups excluding tert-OH is 1. The molecule has 2 aromatic carbocycles. The topological polar surface area (TPSA) is 82.4 Å². The van der Waals surface area contributed by atoms with Gasteiger partial charge < -0.3 is 15.2 Å². The third kappa shape index (κ3) is 6.24. The van der Waals surface area contributed by atoms with Gasteiger partial charge >= 0.3 is 0 Å². The molecule has 2 rings (SSSR count). The average molecular weight is 342 g/mol. The highest BCUT2D eigenvalue weighted by Crippen LogP contribution is 2.11. The number of benzene rings is 2. The summed E-state index contributed by atoms with van der Waals surface area (Å²) in [6, 6.07) is 14.8. The van der Waals surface area contributed by atoms with Crippen molar-refractivity contribution in [3.05, 3.63) is 65.5 Å². The van der Waals surface area contributed by atoms with Gasteiger partial charge in [0.05, 0.1) is 18.9 Å². The van der Waals surface area contributed by atoms with Crippen molar-refractivity contribution in [2.24, 2.45) is 0 Å². The maximum atomic E-state index is 12.8. The summed E-state index contributed by atoms with van der Waals surface area (Å²) in [7, 11) is 0. The highest BCUT2D eigenvalue weighted by Gasteiger charge is 2.11. The summed E-state index contributed by atoms with van der Waals surface area (Å²) in [6.45, 7) is 0.0252. The fraction of sp³-hybridized carbons (Fsp3) is 0.263. The Morgan fingerprint density at radius 2 is 1.88 bits per heavy atom. The van der Waals surface area contributed by atoms with Gasteiger partial charge in [-0.05, 0) is 35.4 Å². The molecule has 130 valence electrons. The Hall–Kier alpha value is -2.91. The molecule has 0 aliphatic rings. The molecular weight excluding hydrogens is 323 g/mol. The Bertz CT molecular complexity index is 741. The monoisotopic (exact) mass is 342 g/mol. The van der Waals surface area contributed by atoms with Gasteiger partial charge in [0, 0.05) is 6.54 Å². The van der Waals surface area contributed by atoms with Crippen molar-refractivity contribution in [2.75, 3.05) is 13.2 Å². The summed E-state index contributed by atoms with van der Waals surface area (Å²) in [5.74, 6) is -0.166. The van der Waals surface area contributed by atoms with Crippen LogP contribution in [0.1, 0.15) is 11.1 Å². The van der Waals surface area contributed by atoms with E-state index in [1.54, 1.807) is 6.07 Å². The van der Waals surface area contributed by atoms with E-state index in [1.807, 2.05) is 18.2 Å². The molecule has 0 aliphatic heterocycles. The minimum atomic E-state index is -0.886. The zero-order chi connectivity index (χ0) is 18.1. The Balaban J connectivity index is 1.76. The van der Waals surface area contributed by atoms with Gasteiger partial charge in [0.25, 0.3) is 0 Å². The van der Waals surface area contributed by atoms with E-state index in [-0.39, 0.29) is 37.7 Å². The average Bonchev–Trinajstić information content (AvgIpc) is 2.61. The first-order valence-electron chi connectivity index (χ1n) is 7.85. The van der Waals surface area contributed by atoms with Gasteiger partial charge in [-0.1, -0.05) is 24.3 Å². The second-order valence-corrected chi connectivity index (χ2v) is 5.50. The van der Waals surface area contributed by atoms with Gasteiger partial charge in [0.15, 0.2) is 0 Å². The largest absolute Gasteiger partial charge is 0.491 e. The number of carbonyl (C=O) groups excluding carboxylic acids is 1. The molecule has 0 bridgehead atoms. The van der Waals surface area contributed by atoms with Crippen molar-refractivity contribution >= 4 is 5.91 Å². The lowest BCUT2D eigenvalue weighted by Crippen LogP contribution is -2.36. The minimum Gasteiger partial charge on any atom is -0.491 e. The van der Waals surface area contributed by atoms with Gasteiger partial charge in [0.2, 0.25) is 5.91 Å². The van der Waals surface area contributed by atoms with Gasteiger partial charge in [0.1, 0.15) is 24.3 Å². The third-order valence-electron chi connectivity index (χ3n) is 3.53. The number of nitriles is 1. The molecule has 0 radical (unpaired) electrons. The molecule has 0 saturated carbocycles. The molecule has 0 spiro atoms. The van der Waals surface area contributed by atoms with Crippen LogP contribution in [0.15, 0.2) is 48.5 Å². The Kier molecular flexibility index (Phi) is 6.93. The van der Waals surface area contributed by atoms with E-state index in [0.29, 0.717) is 5.75 Å². The lowest BCUT2D eigenvalue weighted by Gasteiger charge is -2.14. The summed E-state index contributed by atoms with van der Waals surface area (Å²) >= 11 is 0. The second-order valence-electron chi connectivity index (χ2n) is 5.50. The quantitative estimate of drug-likeness (QED) is 0.769. The minimum absolute atomic E-state index is 0.0169. The molecule has 0 fully saturated rings. The molecule has 0 aliphatic carbocycles. The molecule has 2 aromatic rings. The predicted molar refractivity (Wildman–Crippen MR) is 90.4 cm³/mol. The molecular formula is C19H19FN2O3. The summed E-state index contributed by atoms with van der Waals surface area (Å²) in [5, 5.41) is 21.3. The van der Waals surface area contributed by atoms with Gasteiger partial charge in [-0.15, -0.1) is 0 Å². The number of amides is 1. The second kappa shape index (κ2) is 9.40. The molecule has 6 heteroatoms. The third-order valence-corrected chi connectivity index (χ3v) is 3.53. The number of halogens is 1. The number of carbonyl (C=O) groups is 1. The molecule has 1 atom stereocenters. The van der Waals surface area contributed by atoms with E-state index in [1.165, 1.54) is 24.3 Å². The number of nitrogens with zero attached hydrogens (tertiary/aromatic N) is 1. The normalized spacial score (nSPS) is 11.4. The Morgan fingerprint density at radius 1 is 1.20 bits per heavy atom. The number of ether oxygens (including phenoxy) is 1. The van der Waals surface area contributed by atoms with Crippen LogP contribution < -0.4 is 10.1 Å². The van der Waals surface area contributed by atoms with Crippen LogP contribution in [-0.4, -0.2) is 30.3 Å². The van der Waals surface area contributed by atoms with Crippen LogP contribution in [0.25, 0.3) is 0 Å². The first kappa shape index (κ1) is 18.4. The summed E-state index contributed by atoms with van der Waals surface area (Å²) in [4.78, 5) is 12.0. The van der Waals surface area contributed by atoms with Crippen LogP contribution in [0.4, 0.5) is 4.39 Å². The number of aliphatic hydroxyl groups is 1. The molecule has 0 saturated heterocycles. The lowest BCUT2D eigenvalue weighted by molar-refractivity contribution is -0.121. The molecule has 5 nitrogen and oxygen atoms in total. The SMILES string of the molecule is N#CCc1ccccc1CC(=O)NCC(O)COc1ccc(F)cc1. The lowest BCUT2D eigenvalue weighted by atomic mass is 10.0. The Labute approximate surface area is 145 Å². The van der Waals surface area contributed by atoms with Crippen molar-refractivity contribution in [3.8, 4) is 11.8 Å². The van der Waals surface area contributed by atoms with Gasteiger partial charge in [-0.25, -0.2) is 4.39 Å². The van der Waals surface area contributed by atoms with Crippen LogP contribution in [0.5, 0.6) is 5.75 Å². The van der Waals surface area contributed by atoms with E-state index in [0.717, 1.165) is 11.1 Å². The molecule has 1 unspecified atom stereocenters. The van der Waals surface area contributed by atoms with Crippen molar-refractivity contribution in [1.82, 2.24) is 5.32 Å². The number of hydrogen-bond acceptors (Lipinski definition) is 4. The first-order valence-corrected chi connectivity index (χ1v) is 7.85. The van der Waals surface area contributed by atoms with Crippen LogP contribution in [0.3, 0.4) is 0 Å². The standard InChI is InChI=1S/C19H19FN2O3/c20-16-5-7-18(8-6-16)25-13-17(23)12-22-19(24)11-15-4-2-1-3-14(15)9-10-21/h1-8,17,23H,9,11-13H2,(H,22,24). The van der Waals surface area contributed by atoms with Crippen molar-refractivity contribution in [3.63, 3.8) is 0 Å². The zero-order valence-electron chi connectivity index (χ0n) is 13.6. The van der Waals surface area contributed by atoms with E-state index >= 15 is 0 Å². The van der Waals surface area contributed by atoms with E-state index in [2.05, 4.69) is 11.4 Å². The van der Waals surface area contributed by atoms with E-state index in [4.69, 9.17) is 10.00 Å². The summed E-state index contributed by atoms with van der Waals surface area (Å²) in [5.41, 5.74) is 1.61. The van der Waals surface area contributed by atoms with Crippen molar-refractivity contribution in [2.45, 2.75) is 18.9 Å². The van der Waals surface area contributed by atoms with Crippen LogP contribution >= 0.6 is 0 Å². The fourth-order valence-electron chi connectivity index (χ4n) is 2.24. The molecule has 1 amide bonds. The maximum Gasteiger partial charge on any atom is 0.224 e. The molecule has 2 N–H and O–H groups in total. The summed E-state index contributed by atoms with van der Waals surface area (Å²) in [6.07, 6.45) is -0.496. The molecule has 0 heterocycles. The van der Waals surface area contributed by atoms with Crippen LogP contribution in [0, 0.1) is 17.1 Å². The van der Waals surface area contributed by atoms with Gasteiger partial charge in [-0.3, -0.25) is 4.79 Å². The number of nitrogens with one attached hydrogen (secondary N) is 1. The van der Waals surface area contributed by atoms with E-state index < -0.39 is 6.10 Å². The maximum absolute atomic E-state index is 12.8.